The molecule has 0 aliphatic carbocycles. The van der Waals surface area contributed by atoms with Crippen LogP contribution in [0.3, 0.4) is 0 Å². The predicted molar refractivity (Wildman–Crippen MR) is 86.2 cm³/mol. The Hall–Kier alpha value is -2.71. The maximum Gasteiger partial charge on any atom is 0.254 e. The van der Waals surface area contributed by atoms with Gasteiger partial charge in [0, 0.05) is 12.2 Å². The Labute approximate surface area is 140 Å². The molecule has 1 rings (SSSR count). The van der Waals surface area contributed by atoms with E-state index in [2.05, 4.69) is 10.6 Å². The molecule has 0 spiro atoms. The first-order valence-corrected chi connectivity index (χ1v) is 7.61. The van der Waals surface area contributed by atoms with Crippen molar-refractivity contribution in [1.82, 2.24) is 15.5 Å². The maximum atomic E-state index is 11.9. The molecule has 5 amide bonds. The summed E-state index contributed by atoms with van der Waals surface area (Å²) in [6.45, 7) is 6.58. The van der Waals surface area contributed by atoms with Crippen LogP contribution in [0, 0.1) is 5.92 Å². The van der Waals surface area contributed by atoms with Crippen molar-refractivity contribution >= 4 is 29.5 Å². The van der Waals surface area contributed by atoms with Gasteiger partial charge in [-0.3, -0.25) is 28.9 Å². The van der Waals surface area contributed by atoms with Crippen LogP contribution >= 0.6 is 0 Å². The third-order valence-electron chi connectivity index (χ3n) is 2.90. The fourth-order valence-corrected chi connectivity index (χ4v) is 1.77. The molecule has 0 aromatic carbocycles. The van der Waals surface area contributed by atoms with Crippen molar-refractivity contribution in [2.45, 2.75) is 33.7 Å². The molecule has 1 heterocycles. The van der Waals surface area contributed by atoms with Gasteiger partial charge in [-0.25, -0.2) is 0 Å². The first-order valence-electron chi connectivity index (χ1n) is 7.61. The van der Waals surface area contributed by atoms with E-state index in [-0.39, 0.29) is 12.5 Å². The van der Waals surface area contributed by atoms with Gasteiger partial charge in [-0.15, -0.1) is 0 Å². The van der Waals surface area contributed by atoms with E-state index in [1.165, 1.54) is 0 Å². The lowest BCUT2D eigenvalue weighted by atomic mass is 10.0. The predicted octanol–water partition coefficient (Wildman–Crippen LogP) is -1.32. The quantitative estimate of drug-likeness (QED) is 0.493. The summed E-state index contributed by atoms with van der Waals surface area (Å²) in [5, 5.41) is 4.72. The van der Waals surface area contributed by atoms with Gasteiger partial charge in [-0.05, 0) is 5.92 Å². The summed E-state index contributed by atoms with van der Waals surface area (Å²) in [6, 6.07) is -0.910. The summed E-state index contributed by atoms with van der Waals surface area (Å²) in [4.78, 5) is 57.9. The zero-order valence-electron chi connectivity index (χ0n) is 14.3. The largest absolute Gasteiger partial charge is 0.368 e. The monoisotopic (exact) mass is 340 g/mol. The topological polar surface area (TPSA) is 139 Å². The molecule has 4 N–H and O–H groups in total. The van der Waals surface area contributed by atoms with Gasteiger partial charge in [-0.2, -0.15) is 0 Å². The van der Waals surface area contributed by atoms with Gasteiger partial charge >= 0.3 is 0 Å². The highest BCUT2D eigenvalue weighted by atomic mass is 16.2. The molecule has 9 nitrogen and oxygen atoms in total. The van der Waals surface area contributed by atoms with Gasteiger partial charge in [-0.1, -0.05) is 27.7 Å². The first-order chi connectivity index (χ1) is 11.2. The molecule has 1 atom stereocenters. The van der Waals surface area contributed by atoms with E-state index in [1.807, 2.05) is 13.8 Å². The van der Waals surface area contributed by atoms with Gasteiger partial charge in [0.15, 0.2) is 0 Å². The number of hydrogen-bond donors (Lipinski definition) is 3. The Morgan fingerprint density at radius 3 is 2.04 bits per heavy atom. The smallest absolute Gasteiger partial charge is 0.254 e. The Morgan fingerprint density at radius 2 is 1.62 bits per heavy atom. The van der Waals surface area contributed by atoms with Crippen molar-refractivity contribution in [2.75, 3.05) is 13.1 Å². The summed E-state index contributed by atoms with van der Waals surface area (Å²) < 4.78 is 0. The fraction of sp³-hybridized carbons (Fsp3) is 0.533. The number of nitrogens with zero attached hydrogens (tertiary/aromatic N) is 1. The van der Waals surface area contributed by atoms with Crippen molar-refractivity contribution < 1.29 is 24.0 Å². The molecule has 0 bridgehead atoms. The summed E-state index contributed by atoms with van der Waals surface area (Å²) in [5.74, 6) is -3.36. The number of primary amides is 1. The van der Waals surface area contributed by atoms with Crippen LogP contribution in [0.1, 0.15) is 27.7 Å². The number of carbonyl (C=O) groups is 5. The lowest BCUT2D eigenvalue weighted by molar-refractivity contribution is -0.141. The standard InChI is InChI=1S/C13H18N4O5.C2H6/c1-7(2)12(13(22)15-5-8(14)18)16-9(19)6-17-10(20)3-4-11(17)21;1-2/h3-4,7,12H,5-6H2,1-2H3,(H2,14,18)(H,15,22)(H,16,19);1-2H3. The molecule has 9 heteroatoms. The SMILES string of the molecule is CC.CC(C)C(NC(=O)CN1C(=O)C=CC1=O)C(=O)NCC(N)=O. The Balaban J connectivity index is 0.00000254. The summed E-state index contributed by atoms with van der Waals surface area (Å²) >= 11 is 0. The Kier molecular flexibility index (Phi) is 8.99. The van der Waals surface area contributed by atoms with Crippen LogP contribution in [0.4, 0.5) is 0 Å². The number of nitrogens with one attached hydrogen (secondary N) is 2. The summed E-state index contributed by atoms with van der Waals surface area (Å²) in [6.07, 6.45) is 2.13. The Bertz CT molecular complexity index is 524. The number of hydrogen-bond acceptors (Lipinski definition) is 5. The minimum Gasteiger partial charge on any atom is -0.368 e. The average molecular weight is 340 g/mol. The molecule has 1 unspecified atom stereocenters. The number of rotatable bonds is 7. The number of amides is 5. The van der Waals surface area contributed by atoms with E-state index < -0.39 is 42.1 Å². The lowest BCUT2D eigenvalue weighted by Crippen LogP contribution is -2.53. The van der Waals surface area contributed by atoms with Gasteiger partial charge in [0.2, 0.25) is 17.7 Å². The van der Waals surface area contributed by atoms with E-state index in [9.17, 15) is 24.0 Å². The van der Waals surface area contributed by atoms with Gasteiger partial charge in [0.05, 0.1) is 6.54 Å². The highest BCUT2D eigenvalue weighted by Crippen LogP contribution is 2.05. The normalized spacial score (nSPS) is 14.1. The third kappa shape index (κ3) is 6.59. The Morgan fingerprint density at radius 1 is 1.12 bits per heavy atom. The van der Waals surface area contributed by atoms with Crippen LogP contribution in [0.15, 0.2) is 12.2 Å². The molecule has 0 saturated carbocycles. The van der Waals surface area contributed by atoms with E-state index >= 15 is 0 Å². The first kappa shape index (κ1) is 21.3. The molecule has 0 aromatic heterocycles. The minimum atomic E-state index is -0.910. The van der Waals surface area contributed by atoms with Crippen LogP contribution in [-0.4, -0.2) is 53.6 Å². The summed E-state index contributed by atoms with van der Waals surface area (Å²) in [5.41, 5.74) is 4.93. The fourth-order valence-electron chi connectivity index (χ4n) is 1.77. The van der Waals surface area contributed by atoms with Crippen molar-refractivity contribution in [3.63, 3.8) is 0 Å². The summed E-state index contributed by atoms with van der Waals surface area (Å²) in [7, 11) is 0. The van der Waals surface area contributed by atoms with Crippen molar-refractivity contribution in [3.05, 3.63) is 12.2 Å². The van der Waals surface area contributed by atoms with Gasteiger partial charge in [0.1, 0.15) is 12.6 Å². The molecule has 24 heavy (non-hydrogen) atoms. The third-order valence-corrected chi connectivity index (χ3v) is 2.90. The number of carbonyl (C=O) groups excluding carboxylic acids is 5. The van der Waals surface area contributed by atoms with Crippen LogP contribution in [-0.2, 0) is 24.0 Å². The second kappa shape index (κ2) is 10.1. The van der Waals surface area contributed by atoms with Crippen LogP contribution < -0.4 is 16.4 Å². The van der Waals surface area contributed by atoms with Crippen molar-refractivity contribution in [2.24, 2.45) is 11.7 Å². The lowest BCUT2D eigenvalue weighted by Gasteiger charge is -2.22. The molecule has 0 fully saturated rings. The molecule has 1 aliphatic rings. The highest BCUT2D eigenvalue weighted by molar-refractivity contribution is 6.14. The zero-order chi connectivity index (χ0) is 18.9. The van der Waals surface area contributed by atoms with E-state index in [0.717, 1.165) is 17.1 Å². The highest BCUT2D eigenvalue weighted by Gasteiger charge is 2.29. The van der Waals surface area contributed by atoms with Crippen LogP contribution in [0.5, 0.6) is 0 Å². The van der Waals surface area contributed by atoms with Crippen molar-refractivity contribution in [3.8, 4) is 0 Å². The molecule has 0 radical (unpaired) electrons. The van der Waals surface area contributed by atoms with E-state index in [1.54, 1.807) is 13.8 Å². The molecule has 134 valence electrons. The molecule has 0 saturated heterocycles. The van der Waals surface area contributed by atoms with Crippen LogP contribution in [0.25, 0.3) is 0 Å². The maximum absolute atomic E-state index is 11.9. The second-order valence-electron chi connectivity index (χ2n) is 5.07. The van der Waals surface area contributed by atoms with Gasteiger partial charge in [0.25, 0.3) is 11.8 Å². The number of imide groups is 1. The molecular weight excluding hydrogens is 316 g/mol. The molecule has 0 aromatic rings. The molecular formula is C15H24N4O5. The number of nitrogens with two attached hydrogens (primary N) is 1. The average Bonchev–Trinajstić information content (AvgIpc) is 2.83. The van der Waals surface area contributed by atoms with Gasteiger partial charge < -0.3 is 16.4 Å². The van der Waals surface area contributed by atoms with E-state index in [4.69, 9.17) is 5.73 Å². The van der Waals surface area contributed by atoms with Crippen LogP contribution in [0.2, 0.25) is 0 Å². The van der Waals surface area contributed by atoms with E-state index in [0.29, 0.717) is 0 Å². The minimum absolute atomic E-state index is 0.264. The second-order valence-corrected chi connectivity index (χ2v) is 5.07. The van der Waals surface area contributed by atoms with Crippen molar-refractivity contribution in [1.29, 1.82) is 0 Å². The zero-order valence-corrected chi connectivity index (χ0v) is 14.3. The molecule has 1 aliphatic heterocycles.